The molecular formula is C12H26N2. The summed E-state index contributed by atoms with van der Waals surface area (Å²) in [6.07, 6.45) is 6.42. The van der Waals surface area contributed by atoms with Gasteiger partial charge in [-0.2, -0.15) is 0 Å². The summed E-state index contributed by atoms with van der Waals surface area (Å²) in [5, 5.41) is 0. The van der Waals surface area contributed by atoms with E-state index in [-0.39, 0.29) is 0 Å². The third-order valence-electron chi connectivity index (χ3n) is 3.78. The van der Waals surface area contributed by atoms with Crippen molar-refractivity contribution < 1.29 is 0 Å². The van der Waals surface area contributed by atoms with Crippen molar-refractivity contribution in [1.82, 2.24) is 4.90 Å². The molecule has 1 fully saturated rings. The maximum absolute atomic E-state index is 6.37. The van der Waals surface area contributed by atoms with Gasteiger partial charge in [-0.1, -0.05) is 26.7 Å². The number of hydrogen-bond donors (Lipinski definition) is 1. The largest absolute Gasteiger partial charge is 0.326 e. The number of rotatable bonds is 4. The average Bonchev–Trinajstić information content (AvgIpc) is 2.51. The molecule has 1 aliphatic rings. The number of nitrogens with two attached hydrogens (primary N) is 1. The van der Waals surface area contributed by atoms with Gasteiger partial charge in [0, 0.05) is 11.6 Å². The maximum atomic E-state index is 6.37. The van der Waals surface area contributed by atoms with Crippen molar-refractivity contribution in [2.24, 2.45) is 11.7 Å². The van der Waals surface area contributed by atoms with Gasteiger partial charge in [0.05, 0.1) is 0 Å². The summed E-state index contributed by atoms with van der Waals surface area (Å²) in [6.45, 7) is 4.52. The van der Waals surface area contributed by atoms with Gasteiger partial charge in [0.15, 0.2) is 0 Å². The molecule has 0 amide bonds. The zero-order chi connectivity index (χ0) is 10.8. The minimum Gasteiger partial charge on any atom is -0.326 e. The highest BCUT2D eigenvalue weighted by atomic mass is 15.2. The molecule has 0 aromatic rings. The molecule has 14 heavy (non-hydrogen) atoms. The number of likely N-dealkylation sites (N-methyl/N-ethyl adjacent to an activating group) is 1. The molecule has 84 valence electrons. The number of hydrogen-bond acceptors (Lipinski definition) is 2. The molecule has 0 aromatic carbocycles. The average molecular weight is 198 g/mol. The van der Waals surface area contributed by atoms with Crippen molar-refractivity contribution in [1.29, 1.82) is 0 Å². The SMILES string of the molecule is CC(C)CC(N)C1(N(C)C)CCCC1. The monoisotopic (exact) mass is 198 g/mol. The van der Waals surface area contributed by atoms with Crippen LogP contribution in [0.2, 0.25) is 0 Å². The lowest BCUT2D eigenvalue weighted by Gasteiger charge is -2.42. The standard InChI is InChI=1S/C12H26N2/c1-10(2)9-11(13)12(14(3)4)7-5-6-8-12/h10-11H,5-9,13H2,1-4H3. The normalized spacial score (nSPS) is 23.4. The second kappa shape index (κ2) is 4.63. The first kappa shape index (κ1) is 12.0. The van der Waals surface area contributed by atoms with Gasteiger partial charge in [0.25, 0.3) is 0 Å². The summed E-state index contributed by atoms with van der Waals surface area (Å²) in [6, 6.07) is 0.347. The van der Waals surface area contributed by atoms with Crippen LogP contribution in [0.25, 0.3) is 0 Å². The van der Waals surface area contributed by atoms with Gasteiger partial charge in [0.2, 0.25) is 0 Å². The van der Waals surface area contributed by atoms with E-state index in [9.17, 15) is 0 Å². The molecule has 0 bridgehead atoms. The smallest absolute Gasteiger partial charge is 0.0354 e. The lowest BCUT2D eigenvalue weighted by atomic mass is 9.83. The van der Waals surface area contributed by atoms with E-state index in [1.807, 2.05) is 0 Å². The predicted octanol–water partition coefficient (Wildman–Crippen LogP) is 2.23. The Morgan fingerprint density at radius 2 is 1.71 bits per heavy atom. The first-order valence-corrected chi connectivity index (χ1v) is 5.92. The molecular weight excluding hydrogens is 172 g/mol. The Morgan fingerprint density at radius 1 is 1.21 bits per heavy atom. The van der Waals surface area contributed by atoms with Crippen LogP contribution in [0.1, 0.15) is 46.0 Å². The van der Waals surface area contributed by atoms with Crippen molar-refractivity contribution in [2.75, 3.05) is 14.1 Å². The van der Waals surface area contributed by atoms with Crippen LogP contribution >= 0.6 is 0 Å². The van der Waals surface area contributed by atoms with Crippen LogP contribution in [0.4, 0.5) is 0 Å². The highest BCUT2D eigenvalue weighted by Gasteiger charge is 2.41. The van der Waals surface area contributed by atoms with Crippen molar-refractivity contribution in [3.8, 4) is 0 Å². The molecule has 2 nitrogen and oxygen atoms in total. The van der Waals surface area contributed by atoms with Gasteiger partial charge < -0.3 is 10.6 Å². The van der Waals surface area contributed by atoms with Crippen molar-refractivity contribution >= 4 is 0 Å². The Labute approximate surface area is 88.8 Å². The van der Waals surface area contributed by atoms with Crippen molar-refractivity contribution in [3.63, 3.8) is 0 Å². The van der Waals surface area contributed by atoms with Gasteiger partial charge in [-0.3, -0.25) is 0 Å². The fraction of sp³-hybridized carbons (Fsp3) is 1.00. The van der Waals surface area contributed by atoms with Crippen LogP contribution in [-0.4, -0.2) is 30.6 Å². The van der Waals surface area contributed by atoms with E-state index >= 15 is 0 Å². The van der Waals surface area contributed by atoms with Gasteiger partial charge in [-0.15, -0.1) is 0 Å². The van der Waals surface area contributed by atoms with E-state index < -0.39 is 0 Å². The first-order chi connectivity index (χ1) is 6.49. The zero-order valence-corrected chi connectivity index (χ0v) is 10.2. The zero-order valence-electron chi connectivity index (χ0n) is 10.2. The van der Waals surface area contributed by atoms with E-state index in [1.165, 1.54) is 25.7 Å². The minimum absolute atomic E-state index is 0.296. The molecule has 0 aliphatic heterocycles. The highest BCUT2D eigenvalue weighted by molar-refractivity contribution is 5.00. The molecule has 0 heterocycles. The quantitative estimate of drug-likeness (QED) is 0.750. The minimum atomic E-state index is 0.296. The Morgan fingerprint density at radius 3 is 2.07 bits per heavy atom. The van der Waals surface area contributed by atoms with E-state index in [0.29, 0.717) is 17.5 Å². The molecule has 0 saturated heterocycles. The summed E-state index contributed by atoms with van der Waals surface area (Å²) in [5.41, 5.74) is 6.67. The Hall–Kier alpha value is -0.0800. The van der Waals surface area contributed by atoms with Gasteiger partial charge >= 0.3 is 0 Å². The molecule has 1 atom stereocenters. The third kappa shape index (κ3) is 2.29. The van der Waals surface area contributed by atoms with Crippen LogP contribution < -0.4 is 5.73 Å². The van der Waals surface area contributed by atoms with Crippen LogP contribution in [0, 0.1) is 5.92 Å². The summed E-state index contributed by atoms with van der Waals surface area (Å²) in [5.74, 6) is 0.711. The molecule has 2 heteroatoms. The van der Waals surface area contributed by atoms with E-state index in [4.69, 9.17) is 5.73 Å². The lowest BCUT2D eigenvalue weighted by Crippen LogP contribution is -2.56. The molecule has 0 spiro atoms. The first-order valence-electron chi connectivity index (χ1n) is 5.92. The molecule has 0 radical (unpaired) electrons. The Bertz CT molecular complexity index is 169. The van der Waals surface area contributed by atoms with E-state index in [1.54, 1.807) is 0 Å². The topological polar surface area (TPSA) is 29.3 Å². The van der Waals surface area contributed by atoms with Crippen LogP contribution in [0.3, 0.4) is 0 Å². The van der Waals surface area contributed by atoms with Gasteiger partial charge in [-0.25, -0.2) is 0 Å². The number of nitrogens with zero attached hydrogens (tertiary/aromatic N) is 1. The summed E-state index contributed by atoms with van der Waals surface area (Å²) in [4.78, 5) is 2.37. The fourth-order valence-corrected chi connectivity index (χ4v) is 2.86. The molecule has 0 aromatic heterocycles. The van der Waals surface area contributed by atoms with Crippen molar-refractivity contribution in [2.45, 2.75) is 57.5 Å². The fourth-order valence-electron chi connectivity index (χ4n) is 2.86. The summed E-state index contributed by atoms with van der Waals surface area (Å²) < 4.78 is 0. The molecule has 1 aliphatic carbocycles. The van der Waals surface area contributed by atoms with Crippen molar-refractivity contribution in [3.05, 3.63) is 0 Å². The van der Waals surface area contributed by atoms with Crippen LogP contribution in [0.15, 0.2) is 0 Å². The van der Waals surface area contributed by atoms with Gasteiger partial charge in [-0.05, 0) is 39.3 Å². The predicted molar refractivity (Wildman–Crippen MR) is 62.3 cm³/mol. The molecule has 1 unspecified atom stereocenters. The van der Waals surface area contributed by atoms with Crippen LogP contribution in [-0.2, 0) is 0 Å². The summed E-state index contributed by atoms with van der Waals surface area (Å²) >= 11 is 0. The van der Waals surface area contributed by atoms with Crippen LogP contribution in [0.5, 0.6) is 0 Å². The second-order valence-electron chi connectivity index (χ2n) is 5.44. The molecule has 2 N–H and O–H groups in total. The third-order valence-corrected chi connectivity index (χ3v) is 3.78. The lowest BCUT2D eigenvalue weighted by molar-refractivity contribution is 0.113. The molecule has 1 rings (SSSR count). The van der Waals surface area contributed by atoms with E-state index in [2.05, 4.69) is 32.8 Å². The highest BCUT2D eigenvalue weighted by Crippen LogP contribution is 2.37. The Kier molecular flexibility index (Phi) is 3.96. The Balaban J connectivity index is 2.67. The van der Waals surface area contributed by atoms with Gasteiger partial charge in [0.1, 0.15) is 0 Å². The van der Waals surface area contributed by atoms with E-state index in [0.717, 1.165) is 6.42 Å². The maximum Gasteiger partial charge on any atom is 0.0354 e. The second-order valence-corrected chi connectivity index (χ2v) is 5.44. The molecule has 1 saturated carbocycles. The summed E-state index contributed by atoms with van der Waals surface area (Å²) in [7, 11) is 4.37.